The maximum Gasteiger partial charge on any atom is 0.277 e. The molecule has 8 nitrogen and oxygen atoms in total. The Morgan fingerprint density at radius 3 is 2.91 bits per heavy atom. The van der Waals surface area contributed by atoms with Gasteiger partial charge in [-0.05, 0) is 19.4 Å². The Bertz CT molecular complexity index is 810. The zero-order valence-corrected chi connectivity index (χ0v) is 14.0. The number of thioether (sulfide) groups is 1. The molecule has 1 amide bonds. The van der Waals surface area contributed by atoms with Crippen LogP contribution in [0.3, 0.4) is 0 Å². The number of aromatic nitrogens is 4. The number of nitrogens with zero attached hydrogens (tertiary/aromatic N) is 4. The van der Waals surface area contributed by atoms with Gasteiger partial charge in [0, 0.05) is 0 Å². The smallest absolute Gasteiger partial charge is 0.277 e. The Kier molecular flexibility index (Phi) is 4.72. The summed E-state index contributed by atoms with van der Waals surface area (Å²) in [6.07, 6.45) is 2.35. The van der Waals surface area contributed by atoms with Gasteiger partial charge in [-0.25, -0.2) is 0 Å². The van der Waals surface area contributed by atoms with Crippen LogP contribution in [0.1, 0.15) is 17.7 Å². The monoisotopic (exact) mass is 351 g/mol. The summed E-state index contributed by atoms with van der Waals surface area (Å²) in [6, 6.07) is 1.75. The third kappa shape index (κ3) is 3.77. The molecule has 3 heterocycles. The van der Waals surface area contributed by atoms with Gasteiger partial charge in [0.15, 0.2) is 0 Å². The number of carbonyl (C=O) groups is 1. The summed E-state index contributed by atoms with van der Waals surface area (Å²) in [7, 11) is 0. The van der Waals surface area contributed by atoms with E-state index in [1.54, 1.807) is 12.3 Å². The van der Waals surface area contributed by atoms with Gasteiger partial charge in [-0.1, -0.05) is 30.0 Å². The van der Waals surface area contributed by atoms with Crippen LogP contribution in [0.15, 0.2) is 26.4 Å². The fraction of sp³-hybridized carbons (Fsp3) is 0.308. The van der Waals surface area contributed by atoms with Crippen molar-refractivity contribution in [3.8, 4) is 11.5 Å². The molecule has 3 rings (SSSR count). The standard InChI is InChI=1S/C13H13N5O3S2/c1-3-10-15-17-12(23-10)14-9(19)6-22-13-18-16-11(21-13)8-4-5-20-7(8)2/h4-5H,3,6H2,1-2H3,(H,14,17,19). The molecule has 3 aromatic rings. The maximum absolute atomic E-state index is 11.9. The van der Waals surface area contributed by atoms with Gasteiger partial charge in [0.05, 0.1) is 17.6 Å². The predicted molar refractivity (Wildman–Crippen MR) is 85.4 cm³/mol. The second kappa shape index (κ2) is 6.92. The number of furan rings is 1. The summed E-state index contributed by atoms with van der Waals surface area (Å²) >= 11 is 2.52. The second-order valence-corrected chi connectivity index (χ2v) is 6.44. The Morgan fingerprint density at radius 1 is 1.35 bits per heavy atom. The van der Waals surface area contributed by atoms with Crippen molar-refractivity contribution in [1.29, 1.82) is 0 Å². The molecule has 0 spiro atoms. The van der Waals surface area contributed by atoms with E-state index in [2.05, 4.69) is 25.7 Å². The van der Waals surface area contributed by atoms with Crippen molar-refractivity contribution in [3.05, 3.63) is 23.1 Å². The molecule has 1 N–H and O–H groups in total. The molecule has 10 heteroatoms. The summed E-state index contributed by atoms with van der Waals surface area (Å²) in [5.74, 6) is 1.02. The van der Waals surface area contributed by atoms with Crippen LogP contribution >= 0.6 is 23.1 Å². The van der Waals surface area contributed by atoms with Crippen molar-refractivity contribution in [3.63, 3.8) is 0 Å². The van der Waals surface area contributed by atoms with Crippen LogP contribution in [0.4, 0.5) is 5.13 Å². The van der Waals surface area contributed by atoms with E-state index in [4.69, 9.17) is 8.83 Å². The highest BCUT2D eigenvalue weighted by molar-refractivity contribution is 7.99. The van der Waals surface area contributed by atoms with Crippen molar-refractivity contribution in [2.75, 3.05) is 11.1 Å². The molecule has 0 unspecified atom stereocenters. The van der Waals surface area contributed by atoms with Gasteiger partial charge in [0.1, 0.15) is 10.8 Å². The van der Waals surface area contributed by atoms with E-state index in [-0.39, 0.29) is 11.7 Å². The molecule has 0 aliphatic heterocycles. The molecule has 23 heavy (non-hydrogen) atoms. The van der Waals surface area contributed by atoms with Gasteiger partial charge in [0.25, 0.3) is 11.1 Å². The summed E-state index contributed by atoms with van der Waals surface area (Å²) < 4.78 is 10.7. The lowest BCUT2D eigenvalue weighted by atomic mass is 10.3. The highest BCUT2D eigenvalue weighted by Gasteiger charge is 2.15. The largest absolute Gasteiger partial charge is 0.469 e. The van der Waals surface area contributed by atoms with Crippen LogP contribution in [0, 0.1) is 6.92 Å². The highest BCUT2D eigenvalue weighted by Crippen LogP contribution is 2.26. The first kappa shape index (κ1) is 15.7. The number of carbonyl (C=O) groups excluding carboxylic acids is 1. The fourth-order valence-corrected chi connectivity index (χ4v) is 2.97. The molecule has 0 fully saturated rings. The van der Waals surface area contributed by atoms with Crippen molar-refractivity contribution in [2.24, 2.45) is 0 Å². The van der Waals surface area contributed by atoms with E-state index in [9.17, 15) is 4.79 Å². The lowest BCUT2D eigenvalue weighted by Gasteiger charge is -1.97. The van der Waals surface area contributed by atoms with E-state index < -0.39 is 0 Å². The molecule has 120 valence electrons. The van der Waals surface area contributed by atoms with Crippen LogP contribution < -0.4 is 5.32 Å². The quantitative estimate of drug-likeness (QED) is 0.676. The third-order valence-corrected chi connectivity index (χ3v) is 4.64. The summed E-state index contributed by atoms with van der Waals surface area (Å²) in [4.78, 5) is 11.9. The minimum absolute atomic E-state index is 0.146. The first-order chi connectivity index (χ1) is 11.2. The fourth-order valence-electron chi connectivity index (χ4n) is 1.71. The van der Waals surface area contributed by atoms with Gasteiger partial charge in [0.2, 0.25) is 11.0 Å². The summed E-state index contributed by atoms with van der Waals surface area (Å²) in [6.45, 7) is 3.79. The van der Waals surface area contributed by atoms with E-state index in [1.165, 1.54) is 11.3 Å². The minimum Gasteiger partial charge on any atom is -0.469 e. The third-order valence-electron chi connectivity index (χ3n) is 2.84. The minimum atomic E-state index is -0.201. The number of rotatable bonds is 6. The normalized spacial score (nSPS) is 10.9. The van der Waals surface area contributed by atoms with Gasteiger partial charge in [-0.2, -0.15) is 0 Å². The molecule has 0 bridgehead atoms. The number of anilines is 1. The molecule has 0 saturated carbocycles. The van der Waals surface area contributed by atoms with E-state index in [0.717, 1.165) is 28.8 Å². The van der Waals surface area contributed by atoms with Crippen LogP contribution in [-0.2, 0) is 11.2 Å². The Hall–Kier alpha value is -2.20. The van der Waals surface area contributed by atoms with Crippen molar-refractivity contribution < 1.29 is 13.6 Å². The van der Waals surface area contributed by atoms with Gasteiger partial charge < -0.3 is 8.83 Å². The summed E-state index contributed by atoms with van der Waals surface area (Å²) in [5, 5.41) is 20.1. The van der Waals surface area contributed by atoms with Crippen LogP contribution in [0.25, 0.3) is 11.5 Å². The molecule has 0 radical (unpaired) electrons. The zero-order valence-electron chi connectivity index (χ0n) is 12.4. The highest BCUT2D eigenvalue weighted by atomic mass is 32.2. The topological polar surface area (TPSA) is 107 Å². The number of amides is 1. The molecule has 0 atom stereocenters. The SMILES string of the molecule is CCc1nnc(NC(=O)CSc2nnc(-c3ccoc3C)o2)s1. The van der Waals surface area contributed by atoms with Crippen molar-refractivity contribution >= 4 is 34.1 Å². The van der Waals surface area contributed by atoms with E-state index in [0.29, 0.717) is 22.0 Å². The maximum atomic E-state index is 11.9. The van der Waals surface area contributed by atoms with Crippen molar-refractivity contribution in [2.45, 2.75) is 25.5 Å². The number of hydrogen-bond acceptors (Lipinski definition) is 9. The molecular formula is C13H13N5O3S2. The summed E-state index contributed by atoms with van der Waals surface area (Å²) in [5.41, 5.74) is 0.745. The molecular weight excluding hydrogens is 338 g/mol. The van der Waals surface area contributed by atoms with Crippen LogP contribution in [-0.4, -0.2) is 32.1 Å². The molecule has 0 aliphatic rings. The van der Waals surface area contributed by atoms with Crippen molar-refractivity contribution in [1.82, 2.24) is 20.4 Å². The Morgan fingerprint density at radius 2 is 2.22 bits per heavy atom. The number of hydrogen-bond donors (Lipinski definition) is 1. The second-order valence-electron chi connectivity index (χ2n) is 4.45. The van der Waals surface area contributed by atoms with Crippen LogP contribution in [0.2, 0.25) is 0 Å². The zero-order chi connectivity index (χ0) is 16.2. The number of aryl methyl sites for hydroxylation is 2. The Balaban J connectivity index is 1.55. The molecule has 0 aromatic carbocycles. The first-order valence-corrected chi connectivity index (χ1v) is 8.59. The Labute approximate surface area is 139 Å². The first-order valence-electron chi connectivity index (χ1n) is 6.78. The van der Waals surface area contributed by atoms with Gasteiger partial charge >= 0.3 is 0 Å². The van der Waals surface area contributed by atoms with E-state index >= 15 is 0 Å². The molecule has 0 saturated heterocycles. The lowest BCUT2D eigenvalue weighted by Crippen LogP contribution is -2.13. The molecule has 0 aliphatic carbocycles. The average molecular weight is 351 g/mol. The average Bonchev–Trinajstić information content (AvgIpc) is 3.25. The van der Waals surface area contributed by atoms with Gasteiger partial charge in [-0.3, -0.25) is 10.1 Å². The lowest BCUT2D eigenvalue weighted by molar-refractivity contribution is -0.113. The molecule has 3 aromatic heterocycles. The predicted octanol–water partition coefficient (Wildman–Crippen LogP) is 2.78. The van der Waals surface area contributed by atoms with E-state index in [1.807, 2.05) is 13.8 Å². The van der Waals surface area contributed by atoms with Crippen LogP contribution in [0.5, 0.6) is 0 Å². The number of nitrogens with one attached hydrogen (secondary N) is 1. The van der Waals surface area contributed by atoms with Gasteiger partial charge in [-0.15, -0.1) is 20.4 Å².